The number of esters is 2. The van der Waals surface area contributed by atoms with Gasteiger partial charge in [-0.05, 0) is 41.4 Å². The number of benzene rings is 1. The molecule has 0 spiro atoms. The van der Waals surface area contributed by atoms with E-state index in [0.717, 1.165) is 11.3 Å². The minimum Gasteiger partial charge on any atom is -0.491 e. The molecule has 0 radical (unpaired) electrons. The van der Waals surface area contributed by atoms with Crippen LogP contribution in [0.5, 0.6) is 5.75 Å². The van der Waals surface area contributed by atoms with Crippen molar-refractivity contribution in [3.8, 4) is 5.75 Å². The van der Waals surface area contributed by atoms with Crippen molar-refractivity contribution in [1.82, 2.24) is 14.8 Å². The first-order chi connectivity index (χ1) is 28.5. The molecular weight excluding hydrogens is 760 g/mol. The molecule has 1 aromatic heterocycles. The summed E-state index contributed by atoms with van der Waals surface area (Å²) < 4.78 is 61.2. The Labute approximate surface area is 340 Å². The highest BCUT2D eigenvalue weighted by molar-refractivity contribution is 5.90. The van der Waals surface area contributed by atoms with Gasteiger partial charge in [0.1, 0.15) is 18.1 Å². The van der Waals surface area contributed by atoms with Gasteiger partial charge in [0, 0.05) is 50.7 Å². The predicted octanol–water partition coefficient (Wildman–Crippen LogP) is 2.79. The van der Waals surface area contributed by atoms with Gasteiger partial charge in [-0.25, -0.2) is 14.6 Å². The van der Waals surface area contributed by atoms with Gasteiger partial charge in [0.25, 0.3) is 0 Å². The average Bonchev–Trinajstić information content (AvgIpc) is 3.24. The van der Waals surface area contributed by atoms with Crippen LogP contribution in [0, 0.1) is 0 Å². The number of nitrogens with zero attached hydrogens (tertiary/aromatic N) is 6. The number of pyridine rings is 1. The highest BCUT2D eigenvalue weighted by Gasteiger charge is 2.15. The molecule has 0 aliphatic carbocycles. The number of carbonyl (C=O) groups excluding carboxylic acids is 2. The van der Waals surface area contributed by atoms with E-state index in [1.54, 1.807) is 24.3 Å². The third-order valence-electron chi connectivity index (χ3n) is 8.34. The van der Waals surface area contributed by atoms with Crippen LogP contribution in [0.4, 0.5) is 0 Å². The van der Waals surface area contributed by atoms with Gasteiger partial charge in [-0.2, -0.15) is 0 Å². The molecule has 1 aromatic carbocycles. The fraction of sp³-hybridized carbons (Fsp3) is 0.667. The van der Waals surface area contributed by atoms with Gasteiger partial charge in [-0.15, -0.1) is 0 Å². The number of methoxy groups -OCH3 is 2. The van der Waals surface area contributed by atoms with Gasteiger partial charge in [0.2, 0.25) is 0 Å². The average molecular weight is 821 g/mol. The van der Waals surface area contributed by atoms with Crippen LogP contribution >= 0.6 is 0 Å². The van der Waals surface area contributed by atoms with Crippen molar-refractivity contribution in [2.45, 2.75) is 13.1 Å². The third kappa shape index (κ3) is 22.2. The maximum absolute atomic E-state index is 12.5. The smallest absolute Gasteiger partial charge is 0.356 e. The Balaban J connectivity index is 1.40. The molecule has 324 valence electrons. The van der Waals surface area contributed by atoms with Crippen molar-refractivity contribution < 1.29 is 61.7 Å². The van der Waals surface area contributed by atoms with Gasteiger partial charge >= 0.3 is 11.9 Å². The minimum atomic E-state index is -0.471. The first kappa shape index (κ1) is 48.4. The zero-order chi connectivity index (χ0) is 41.3. The molecule has 0 atom stereocenters. The van der Waals surface area contributed by atoms with E-state index < -0.39 is 11.9 Å². The third-order valence-corrected chi connectivity index (χ3v) is 8.34. The lowest BCUT2D eigenvalue weighted by molar-refractivity contribution is -0.00387. The van der Waals surface area contributed by atoms with Crippen molar-refractivity contribution >= 4 is 11.9 Å². The molecule has 1 saturated heterocycles. The van der Waals surface area contributed by atoms with Crippen LogP contribution in [0.3, 0.4) is 0 Å². The number of hydrogen-bond donors (Lipinski definition) is 0. The summed E-state index contributed by atoms with van der Waals surface area (Å²) in [5.41, 5.74) is 10.5. The van der Waals surface area contributed by atoms with Gasteiger partial charge in [0.15, 0.2) is 0 Å². The van der Waals surface area contributed by atoms with Gasteiger partial charge in [0.05, 0.1) is 131 Å². The summed E-state index contributed by atoms with van der Waals surface area (Å²) in [5.74, 6) is -0.397. The second kappa shape index (κ2) is 31.9. The number of hydrogen-bond acceptors (Lipinski definition) is 17. The van der Waals surface area contributed by atoms with Crippen molar-refractivity contribution in [2.75, 3.05) is 159 Å². The van der Waals surface area contributed by atoms with E-state index in [1.807, 2.05) is 12.1 Å². The number of rotatable bonds is 22. The fourth-order valence-electron chi connectivity index (χ4n) is 5.43. The Morgan fingerprint density at radius 1 is 0.672 bits per heavy atom. The van der Waals surface area contributed by atoms with Crippen molar-refractivity contribution in [2.24, 2.45) is 5.11 Å². The molecular formula is C39H60N6O13. The normalized spacial score (nSPS) is 15.8. The monoisotopic (exact) mass is 820 g/mol. The Morgan fingerprint density at radius 2 is 1.19 bits per heavy atom. The number of ether oxygens (including phenoxy) is 11. The molecule has 2 heterocycles. The molecule has 1 aliphatic rings. The molecule has 0 unspecified atom stereocenters. The Bertz CT molecular complexity index is 1450. The summed E-state index contributed by atoms with van der Waals surface area (Å²) in [7, 11) is 2.69. The van der Waals surface area contributed by atoms with Crippen molar-refractivity contribution in [3.63, 3.8) is 0 Å². The largest absolute Gasteiger partial charge is 0.491 e. The predicted molar refractivity (Wildman–Crippen MR) is 210 cm³/mol. The van der Waals surface area contributed by atoms with Crippen LogP contribution in [-0.2, 0) is 60.5 Å². The quantitative estimate of drug-likeness (QED) is 0.0551. The summed E-state index contributed by atoms with van der Waals surface area (Å²) >= 11 is 0. The number of azide groups is 1. The van der Waals surface area contributed by atoms with E-state index >= 15 is 0 Å². The van der Waals surface area contributed by atoms with Crippen molar-refractivity contribution in [3.05, 3.63) is 69.4 Å². The van der Waals surface area contributed by atoms with E-state index in [0.29, 0.717) is 163 Å². The summed E-state index contributed by atoms with van der Waals surface area (Å²) in [5, 5.41) is 3.39. The van der Waals surface area contributed by atoms with Gasteiger partial charge in [-0.1, -0.05) is 11.2 Å². The summed E-state index contributed by atoms with van der Waals surface area (Å²) in [4.78, 5) is 36.0. The SMILES string of the molecule is COC(=O)c1cc(CN2CCOCCOCCN(Cc3cccc(C(=O)OC)n3)CCOCCOCC2)cc(OCCOCCOCCOCCOCCN=[N+]=[N-])c1. The summed E-state index contributed by atoms with van der Waals surface area (Å²) in [6.07, 6.45) is 0. The molecule has 3 rings (SSSR count). The zero-order valence-corrected chi connectivity index (χ0v) is 33.9. The molecule has 0 bridgehead atoms. The molecule has 19 heteroatoms. The summed E-state index contributed by atoms with van der Waals surface area (Å²) in [6, 6.07) is 10.7. The topological polar surface area (TPSA) is 204 Å². The molecule has 0 N–H and O–H groups in total. The number of aromatic nitrogens is 1. The van der Waals surface area contributed by atoms with E-state index in [4.69, 9.17) is 57.6 Å². The van der Waals surface area contributed by atoms with E-state index in [1.165, 1.54) is 14.2 Å². The lowest BCUT2D eigenvalue weighted by Gasteiger charge is -2.24. The van der Waals surface area contributed by atoms with E-state index in [2.05, 4.69) is 24.8 Å². The molecule has 2 aromatic rings. The van der Waals surface area contributed by atoms with Crippen LogP contribution < -0.4 is 4.74 Å². The lowest BCUT2D eigenvalue weighted by atomic mass is 10.1. The highest BCUT2D eigenvalue weighted by atomic mass is 16.6. The highest BCUT2D eigenvalue weighted by Crippen LogP contribution is 2.20. The molecule has 58 heavy (non-hydrogen) atoms. The standard InChI is InChI=1S/C39H60N6O13/c1-48-38(46)34-28-33(29-36(30-34)58-27-26-57-25-24-56-23-22-55-21-16-50-11-6-41-43-40)31-44-7-12-51-17-19-53-14-9-45(10-15-54-20-18-52-13-8-44)32-35-4-3-5-37(42-35)39(47)49-2/h3-5,28-30H,6-27,31-32H2,1-2H3. The lowest BCUT2D eigenvalue weighted by Crippen LogP contribution is -2.33. The van der Waals surface area contributed by atoms with Crippen LogP contribution in [0.2, 0.25) is 0 Å². The van der Waals surface area contributed by atoms with Crippen molar-refractivity contribution in [1.29, 1.82) is 0 Å². The zero-order valence-electron chi connectivity index (χ0n) is 33.9. The van der Waals surface area contributed by atoms with Crippen LogP contribution in [0.15, 0.2) is 41.5 Å². The molecule has 1 aliphatic heterocycles. The summed E-state index contributed by atoms with van der Waals surface area (Å²) in [6.45, 7) is 11.1. The second-order valence-electron chi connectivity index (χ2n) is 12.6. The molecule has 0 amide bonds. The Morgan fingerprint density at radius 3 is 1.72 bits per heavy atom. The maximum atomic E-state index is 12.5. The first-order valence-electron chi connectivity index (χ1n) is 19.5. The molecule has 19 nitrogen and oxygen atoms in total. The van der Waals surface area contributed by atoms with Crippen LogP contribution in [0.1, 0.15) is 32.1 Å². The maximum Gasteiger partial charge on any atom is 0.356 e. The molecule has 0 saturated carbocycles. The van der Waals surface area contributed by atoms with E-state index in [9.17, 15) is 9.59 Å². The van der Waals surface area contributed by atoms with Gasteiger partial charge < -0.3 is 52.1 Å². The van der Waals surface area contributed by atoms with Crippen LogP contribution in [0.25, 0.3) is 10.4 Å². The number of carbonyl (C=O) groups is 2. The van der Waals surface area contributed by atoms with E-state index in [-0.39, 0.29) is 12.3 Å². The first-order valence-corrected chi connectivity index (χ1v) is 19.5. The molecule has 1 fully saturated rings. The van der Waals surface area contributed by atoms with Gasteiger partial charge in [-0.3, -0.25) is 9.80 Å². The second-order valence-corrected chi connectivity index (χ2v) is 12.6. The Hall–Kier alpha value is -3.98. The Kier molecular flexibility index (Phi) is 26.6. The van der Waals surface area contributed by atoms with Crippen LogP contribution in [-0.4, -0.2) is 186 Å². The fourth-order valence-corrected chi connectivity index (χ4v) is 5.43. The minimum absolute atomic E-state index is 0.270.